The van der Waals surface area contributed by atoms with Gasteiger partial charge in [-0.25, -0.2) is 0 Å². The van der Waals surface area contributed by atoms with Crippen LogP contribution in [0.5, 0.6) is 0 Å². The first-order valence-electron chi connectivity index (χ1n) is 6.46. The van der Waals surface area contributed by atoms with Gasteiger partial charge in [0.1, 0.15) is 0 Å². The molecule has 0 amide bonds. The van der Waals surface area contributed by atoms with Crippen LogP contribution >= 0.6 is 0 Å². The third-order valence-electron chi connectivity index (χ3n) is 4.24. The Morgan fingerprint density at radius 3 is 2.20 bits per heavy atom. The molecule has 0 aliphatic heterocycles. The van der Waals surface area contributed by atoms with Crippen molar-refractivity contribution >= 4 is 5.97 Å². The molecule has 0 bridgehead atoms. The molecule has 2 aliphatic rings. The minimum atomic E-state index is -0.523. The SMILES string of the molecule is O=C(O)C1(CCC2CC2)CCCCCC1. The van der Waals surface area contributed by atoms with Crippen molar-refractivity contribution in [1.29, 1.82) is 0 Å². The van der Waals surface area contributed by atoms with E-state index >= 15 is 0 Å². The molecule has 0 aromatic rings. The second kappa shape index (κ2) is 4.54. The summed E-state index contributed by atoms with van der Waals surface area (Å²) in [4.78, 5) is 11.5. The number of aliphatic carboxylic acids is 1. The van der Waals surface area contributed by atoms with Crippen LogP contribution in [0.1, 0.15) is 64.2 Å². The molecule has 2 heteroatoms. The smallest absolute Gasteiger partial charge is 0.309 e. The van der Waals surface area contributed by atoms with Gasteiger partial charge in [-0.1, -0.05) is 38.5 Å². The monoisotopic (exact) mass is 210 g/mol. The number of carbonyl (C=O) groups is 1. The number of rotatable bonds is 4. The highest BCUT2D eigenvalue weighted by Crippen LogP contribution is 2.43. The third kappa shape index (κ3) is 2.73. The van der Waals surface area contributed by atoms with Crippen LogP contribution in [0.3, 0.4) is 0 Å². The molecule has 0 saturated heterocycles. The molecular weight excluding hydrogens is 188 g/mol. The zero-order valence-corrected chi connectivity index (χ0v) is 9.50. The Morgan fingerprint density at radius 1 is 1.13 bits per heavy atom. The first-order valence-corrected chi connectivity index (χ1v) is 6.46. The molecule has 86 valence electrons. The molecular formula is C13H22O2. The van der Waals surface area contributed by atoms with E-state index in [1.165, 1.54) is 25.7 Å². The van der Waals surface area contributed by atoms with Crippen molar-refractivity contribution in [1.82, 2.24) is 0 Å². The van der Waals surface area contributed by atoms with Crippen LogP contribution in [0.4, 0.5) is 0 Å². The molecule has 0 spiro atoms. The van der Waals surface area contributed by atoms with Crippen molar-refractivity contribution in [2.75, 3.05) is 0 Å². The van der Waals surface area contributed by atoms with Crippen molar-refractivity contribution in [2.24, 2.45) is 11.3 Å². The molecule has 0 heterocycles. The normalized spacial score (nSPS) is 25.9. The van der Waals surface area contributed by atoms with Crippen LogP contribution in [0.25, 0.3) is 0 Å². The number of carboxylic acids is 1. The summed E-state index contributed by atoms with van der Waals surface area (Å²) in [6, 6.07) is 0. The largest absolute Gasteiger partial charge is 0.481 e. The lowest BCUT2D eigenvalue weighted by atomic mass is 9.76. The zero-order chi connectivity index (χ0) is 10.7. The van der Waals surface area contributed by atoms with E-state index in [0.29, 0.717) is 0 Å². The summed E-state index contributed by atoms with van der Waals surface area (Å²) in [5, 5.41) is 9.45. The minimum absolute atomic E-state index is 0.348. The standard InChI is InChI=1S/C13H22O2/c14-12(15)13(10-7-11-5-6-11)8-3-1-2-4-9-13/h11H,1-10H2,(H,14,15). The summed E-state index contributed by atoms with van der Waals surface area (Å²) >= 11 is 0. The van der Waals surface area contributed by atoms with Crippen LogP contribution in [-0.2, 0) is 4.79 Å². The highest BCUT2D eigenvalue weighted by molar-refractivity contribution is 5.74. The van der Waals surface area contributed by atoms with Crippen LogP contribution in [0.15, 0.2) is 0 Å². The molecule has 2 saturated carbocycles. The Morgan fingerprint density at radius 2 is 1.73 bits per heavy atom. The molecule has 0 atom stereocenters. The van der Waals surface area contributed by atoms with Crippen LogP contribution in [-0.4, -0.2) is 11.1 Å². The molecule has 2 rings (SSSR count). The van der Waals surface area contributed by atoms with Crippen molar-refractivity contribution < 1.29 is 9.90 Å². The molecule has 2 nitrogen and oxygen atoms in total. The molecule has 0 aromatic carbocycles. The topological polar surface area (TPSA) is 37.3 Å². The zero-order valence-electron chi connectivity index (χ0n) is 9.50. The van der Waals surface area contributed by atoms with Crippen molar-refractivity contribution in [3.8, 4) is 0 Å². The summed E-state index contributed by atoms with van der Waals surface area (Å²) < 4.78 is 0. The van der Waals surface area contributed by atoms with Gasteiger partial charge in [0, 0.05) is 0 Å². The predicted molar refractivity (Wildman–Crippen MR) is 59.7 cm³/mol. The Labute approximate surface area is 92.1 Å². The maximum atomic E-state index is 11.5. The van der Waals surface area contributed by atoms with Crippen LogP contribution in [0, 0.1) is 11.3 Å². The van der Waals surface area contributed by atoms with Crippen LogP contribution in [0.2, 0.25) is 0 Å². The summed E-state index contributed by atoms with van der Waals surface area (Å²) in [7, 11) is 0. The van der Waals surface area contributed by atoms with E-state index in [9.17, 15) is 9.90 Å². The van der Waals surface area contributed by atoms with E-state index in [1.807, 2.05) is 0 Å². The van der Waals surface area contributed by atoms with E-state index in [0.717, 1.165) is 44.4 Å². The van der Waals surface area contributed by atoms with Gasteiger partial charge in [0.05, 0.1) is 5.41 Å². The fourth-order valence-corrected chi connectivity index (χ4v) is 2.86. The average Bonchev–Trinajstić information content (AvgIpc) is 3.03. The van der Waals surface area contributed by atoms with Gasteiger partial charge in [-0.2, -0.15) is 0 Å². The van der Waals surface area contributed by atoms with Gasteiger partial charge in [0.15, 0.2) is 0 Å². The van der Waals surface area contributed by atoms with E-state index in [-0.39, 0.29) is 5.41 Å². The second-order valence-corrected chi connectivity index (χ2v) is 5.48. The van der Waals surface area contributed by atoms with Gasteiger partial charge in [0.2, 0.25) is 0 Å². The van der Waals surface area contributed by atoms with Gasteiger partial charge < -0.3 is 5.11 Å². The highest BCUT2D eigenvalue weighted by atomic mass is 16.4. The lowest BCUT2D eigenvalue weighted by Crippen LogP contribution is -2.30. The van der Waals surface area contributed by atoms with E-state index in [4.69, 9.17) is 0 Å². The number of carboxylic acid groups (broad SMARTS) is 1. The van der Waals surface area contributed by atoms with Crippen molar-refractivity contribution in [2.45, 2.75) is 64.2 Å². The molecule has 2 aliphatic carbocycles. The molecule has 0 aromatic heterocycles. The fourth-order valence-electron chi connectivity index (χ4n) is 2.86. The molecule has 0 unspecified atom stereocenters. The van der Waals surface area contributed by atoms with E-state index in [1.54, 1.807) is 0 Å². The summed E-state index contributed by atoms with van der Waals surface area (Å²) in [5.74, 6) is 0.342. The van der Waals surface area contributed by atoms with Crippen LogP contribution < -0.4 is 0 Å². The summed E-state index contributed by atoms with van der Waals surface area (Å²) in [5.41, 5.74) is -0.348. The molecule has 2 fully saturated rings. The lowest BCUT2D eigenvalue weighted by molar-refractivity contribution is -0.150. The first kappa shape index (κ1) is 11.0. The molecule has 0 radical (unpaired) electrons. The van der Waals surface area contributed by atoms with Gasteiger partial charge in [0.25, 0.3) is 0 Å². The number of hydrogen-bond acceptors (Lipinski definition) is 1. The van der Waals surface area contributed by atoms with Crippen molar-refractivity contribution in [3.63, 3.8) is 0 Å². The Hall–Kier alpha value is -0.530. The van der Waals surface area contributed by atoms with E-state index in [2.05, 4.69) is 0 Å². The predicted octanol–water partition coefficient (Wildman–Crippen LogP) is 3.60. The van der Waals surface area contributed by atoms with E-state index < -0.39 is 5.97 Å². The molecule has 15 heavy (non-hydrogen) atoms. The van der Waals surface area contributed by atoms with Gasteiger partial charge >= 0.3 is 5.97 Å². The Bertz CT molecular complexity index is 223. The third-order valence-corrected chi connectivity index (χ3v) is 4.24. The first-order chi connectivity index (χ1) is 7.23. The van der Waals surface area contributed by atoms with Crippen molar-refractivity contribution in [3.05, 3.63) is 0 Å². The fraction of sp³-hybridized carbons (Fsp3) is 0.923. The summed E-state index contributed by atoms with van der Waals surface area (Å²) in [6.45, 7) is 0. The Balaban J connectivity index is 1.95. The maximum absolute atomic E-state index is 11.5. The summed E-state index contributed by atoms with van der Waals surface area (Å²) in [6.07, 6.45) is 11.3. The van der Waals surface area contributed by atoms with Gasteiger partial charge in [-0.15, -0.1) is 0 Å². The second-order valence-electron chi connectivity index (χ2n) is 5.48. The maximum Gasteiger partial charge on any atom is 0.309 e. The Kier molecular flexibility index (Phi) is 3.32. The molecule has 1 N–H and O–H groups in total. The highest BCUT2D eigenvalue weighted by Gasteiger charge is 2.39. The minimum Gasteiger partial charge on any atom is -0.481 e. The average molecular weight is 210 g/mol. The number of hydrogen-bond donors (Lipinski definition) is 1. The quantitative estimate of drug-likeness (QED) is 0.720. The van der Waals surface area contributed by atoms with Gasteiger partial charge in [-0.05, 0) is 31.6 Å². The van der Waals surface area contributed by atoms with Gasteiger partial charge in [-0.3, -0.25) is 4.79 Å². The lowest BCUT2D eigenvalue weighted by Gasteiger charge is -2.28.